The van der Waals surface area contributed by atoms with Gasteiger partial charge in [0, 0.05) is 18.2 Å². The van der Waals surface area contributed by atoms with Crippen LogP contribution in [0.15, 0.2) is 0 Å². The van der Waals surface area contributed by atoms with Gasteiger partial charge in [0.1, 0.15) is 6.04 Å². The molecule has 3 nitrogen and oxygen atoms in total. The number of rotatable bonds is 2. The van der Waals surface area contributed by atoms with Crippen LogP contribution in [0.25, 0.3) is 0 Å². The number of aliphatic carboxylic acids is 1. The van der Waals surface area contributed by atoms with Gasteiger partial charge in [-0.1, -0.05) is 0 Å². The van der Waals surface area contributed by atoms with Gasteiger partial charge in [0.2, 0.25) is 0 Å². The molecule has 1 atom stereocenters. The lowest BCUT2D eigenvalue weighted by Crippen LogP contribution is -2.36. The molecule has 1 aliphatic rings. The van der Waals surface area contributed by atoms with Crippen LogP contribution in [0.2, 0.25) is 0 Å². The van der Waals surface area contributed by atoms with Crippen LogP contribution in [0, 0.1) is 0 Å². The van der Waals surface area contributed by atoms with Gasteiger partial charge in [-0.15, -0.1) is 11.8 Å². The smallest absolute Gasteiger partial charge is 0.320 e. The van der Waals surface area contributed by atoms with Crippen molar-refractivity contribution in [3.8, 4) is 0 Å². The zero-order chi connectivity index (χ0) is 7.56. The molecule has 58 valence electrons. The highest BCUT2D eigenvalue weighted by atomic mass is 32.2. The second-order valence-electron chi connectivity index (χ2n) is 2.36. The van der Waals surface area contributed by atoms with Crippen LogP contribution in [0.4, 0.5) is 0 Å². The van der Waals surface area contributed by atoms with Crippen molar-refractivity contribution in [1.29, 1.82) is 0 Å². The number of hydrogen-bond donors (Lipinski definition) is 1. The van der Waals surface area contributed by atoms with E-state index in [1.807, 2.05) is 4.90 Å². The monoisotopic (exact) mass is 161 g/mol. The summed E-state index contributed by atoms with van der Waals surface area (Å²) < 4.78 is 0. The Bertz CT molecular complexity index is 134. The summed E-state index contributed by atoms with van der Waals surface area (Å²) in [5.74, 6) is 1.22. The van der Waals surface area contributed by atoms with Crippen molar-refractivity contribution >= 4 is 17.7 Å². The summed E-state index contributed by atoms with van der Waals surface area (Å²) in [6, 6.07) is -0.310. The summed E-state index contributed by atoms with van der Waals surface area (Å²) in [6.07, 6.45) is 0. The van der Waals surface area contributed by atoms with Crippen LogP contribution >= 0.6 is 11.8 Å². The summed E-state index contributed by atoms with van der Waals surface area (Å²) in [5, 5.41) is 8.59. The van der Waals surface area contributed by atoms with E-state index < -0.39 is 5.97 Å². The van der Waals surface area contributed by atoms with Crippen LogP contribution in [0.1, 0.15) is 6.92 Å². The van der Waals surface area contributed by atoms with E-state index in [0.29, 0.717) is 0 Å². The first-order valence-electron chi connectivity index (χ1n) is 3.26. The van der Waals surface area contributed by atoms with Crippen molar-refractivity contribution in [2.24, 2.45) is 0 Å². The molecule has 1 rings (SSSR count). The van der Waals surface area contributed by atoms with Crippen LogP contribution in [0.5, 0.6) is 0 Å². The molecule has 0 spiro atoms. The van der Waals surface area contributed by atoms with Crippen molar-refractivity contribution in [1.82, 2.24) is 4.90 Å². The van der Waals surface area contributed by atoms with Gasteiger partial charge in [-0.3, -0.25) is 9.69 Å². The molecule has 1 fully saturated rings. The molecule has 0 radical (unpaired) electrons. The van der Waals surface area contributed by atoms with E-state index in [1.54, 1.807) is 18.7 Å². The average molecular weight is 161 g/mol. The van der Waals surface area contributed by atoms with E-state index in [1.165, 1.54) is 0 Å². The third-order valence-corrected chi connectivity index (χ3v) is 2.67. The zero-order valence-corrected chi connectivity index (χ0v) is 6.73. The molecule has 0 amide bonds. The highest BCUT2D eigenvalue weighted by Crippen LogP contribution is 2.15. The Morgan fingerprint density at radius 2 is 2.50 bits per heavy atom. The largest absolute Gasteiger partial charge is 0.480 e. The molecule has 4 heteroatoms. The molecule has 1 unspecified atom stereocenters. The molecule has 0 bridgehead atoms. The summed E-state index contributed by atoms with van der Waals surface area (Å²) in [6.45, 7) is 2.65. The Morgan fingerprint density at radius 1 is 1.80 bits per heavy atom. The van der Waals surface area contributed by atoms with E-state index in [2.05, 4.69) is 0 Å². The molecule has 1 heterocycles. The number of hydrogen-bond acceptors (Lipinski definition) is 3. The maximum Gasteiger partial charge on any atom is 0.320 e. The van der Waals surface area contributed by atoms with Gasteiger partial charge in [-0.2, -0.15) is 0 Å². The van der Waals surface area contributed by atoms with E-state index in [-0.39, 0.29) is 6.04 Å². The third-order valence-electron chi connectivity index (χ3n) is 1.69. The predicted octanol–water partition coefficient (Wildman–Crippen LogP) is 0.466. The van der Waals surface area contributed by atoms with E-state index in [9.17, 15) is 4.79 Å². The molecule has 1 N–H and O–H groups in total. The molecule has 0 aromatic carbocycles. The number of nitrogens with zero attached hydrogens (tertiary/aromatic N) is 1. The maximum atomic E-state index is 10.4. The minimum Gasteiger partial charge on any atom is -0.480 e. The summed E-state index contributed by atoms with van der Waals surface area (Å²) in [7, 11) is 0. The Hall–Kier alpha value is -0.220. The van der Waals surface area contributed by atoms with Crippen molar-refractivity contribution in [3.05, 3.63) is 0 Å². The van der Waals surface area contributed by atoms with Crippen LogP contribution in [-0.4, -0.2) is 40.2 Å². The number of thioether (sulfide) groups is 1. The Kier molecular flexibility index (Phi) is 2.56. The Balaban J connectivity index is 2.39. The van der Waals surface area contributed by atoms with Gasteiger partial charge in [0.25, 0.3) is 0 Å². The summed E-state index contributed by atoms with van der Waals surface area (Å²) in [5.41, 5.74) is 0. The second kappa shape index (κ2) is 3.25. The van der Waals surface area contributed by atoms with E-state index in [4.69, 9.17) is 5.11 Å². The van der Waals surface area contributed by atoms with Gasteiger partial charge < -0.3 is 5.11 Å². The normalized spacial score (nSPS) is 22.9. The van der Waals surface area contributed by atoms with Crippen molar-refractivity contribution in [2.75, 3.05) is 18.2 Å². The molecular weight excluding hydrogens is 150 g/mol. The molecule has 0 saturated carbocycles. The zero-order valence-electron chi connectivity index (χ0n) is 5.91. The highest BCUT2D eigenvalue weighted by Gasteiger charge is 2.23. The number of carbonyl (C=O) groups is 1. The topological polar surface area (TPSA) is 40.5 Å². The molecule has 0 aliphatic carbocycles. The molecular formula is C6H11NO2S. The number of carboxylic acids is 1. The highest BCUT2D eigenvalue weighted by molar-refractivity contribution is 7.99. The molecule has 1 aliphatic heterocycles. The maximum absolute atomic E-state index is 10.4. The fraction of sp³-hybridized carbons (Fsp3) is 0.833. The van der Waals surface area contributed by atoms with Crippen LogP contribution in [0.3, 0.4) is 0 Å². The summed E-state index contributed by atoms with van der Waals surface area (Å²) >= 11 is 1.79. The van der Waals surface area contributed by atoms with Crippen LogP contribution < -0.4 is 0 Å². The fourth-order valence-corrected chi connectivity index (χ4v) is 1.97. The summed E-state index contributed by atoms with van der Waals surface area (Å²) in [4.78, 5) is 12.4. The van der Waals surface area contributed by atoms with Gasteiger partial charge in [0.15, 0.2) is 0 Å². The SMILES string of the molecule is CC(C(=O)O)N1CCSC1. The van der Waals surface area contributed by atoms with Gasteiger partial charge in [0.05, 0.1) is 0 Å². The molecule has 1 saturated heterocycles. The first-order valence-corrected chi connectivity index (χ1v) is 4.42. The van der Waals surface area contributed by atoms with E-state index in [0.717, 1.165) is 18.2 Å². The van der Waals surface area contributed by atoms with Crippen molar-refractivity contribution < 1.29 is 9.90 Å². The minimum atomic E-state index is -0.720. The first-order chi connectivity index (χ1) is 4.72. The first kappa shape index (κ1) is 7.88. The average Bonchev–Trinajstić information content (AvgIpc) is 2.36. The quantitative estimate of drug-likeness (QED) is 0.639. The lowest BCUT2D eigenvalue weighted by molar-refractivity contribution is -0.142. The van der Waals surface area contributed by atoms with Gasteiger partial charge >= 0.3 is 5.97 Å². The van der Waals surface area contributed by atoms with Crippen molar-refractivity contribution in [2.45, 2.75) is 13.0 Å². The Labute approximate surface area is 64.4 Å². The number of carboxylic acid groups (broad SMARTS) is 1. The second-order valence-corrected chi connectivity index (χ2v) is 3.44. The molecule has 0 aromatic heterocycles. The van der Waals surface area contributed by atoms with Gasteiger partial charge in [-0.05, 0) is 6.92 Å². The minimum absolute atomic E-state index is 0.310. The Morgan fingerprint density at radius 3 is 2.90 bits per heavy atom. The van der Waals surface area contributed by atoms with E-state index >= 15 is 0 Å². The predicted molar refractivity (Wildman–Crippen MR) is 41.1 cm³/mol. The third kappa shape index (κ3) is 1.64. The fourth-order valence-electron chi connectivity index (χ4n) is 0.890. The lowest BCUT2D eigenvalue weighted by Gasteiger charge is -2.17. The molecule has 10 heavy (non-hydrogen) atoms. The van der Waals surface area contributed by atoms with Crippen molar-refractivity contribution in [3.63, 3.8) is 0 Å². The molecule has 0 aromatic rings. The van der Waals surface area contributed by atoms with Gasteiger partial charge in [-0.25, -0.2) is 0 Å². The lowest BCUT2D eigenvalue weighted by atomic mass is 10.3. The van der Waals surface area contributed by atoms with Crippen LogP contribution in [-0.2, 0) is 4.79 Å². The standard InChI is InChI=1S/C6H11NO2S/c1-5(6(8)9)7-2-3-10-4-7/h5H,2-4H2,1H3,(H,8,9).